The Morgan fingerprint density at radius 1 is 0.926 bits per heavy atom. The fraction of sp³-hybridized carbons (Fsp3) is 0.318. The van der Waals surface area contributed by atoms with E-state index in [0.717, 1.165) is 11.4 Å². The fourth-order valence-corrected chi connectivity index (χ4v) is 3.80. The lowest BCUT2D eigenvalue weighted by Crippen LogP contribution is -2.07. The van der Waals surface area contributed by atoms with Crippen LogP contribution < -0.4 is 5.32 Å². The van der Waals surface area contributed by atoms with Gasteiger partial charge in [0, 0.05) is 18.9 Å². The van der Waals surface area contributed by atoms with E-state index in [1.807, 2.05) is 17.8 Å². The molecule has 2 aliphatic heterocycles. The van der Waals surface area contributed by atoms with Gasteiger partial charge in [0.15, 0.2) is 6.23 Å². The molecule has 3 heterocycles. The Balaban J connectivity index is 1.27. The second-order valence-corrected chi connectivity index (χ2v) is 7.41. The van der Waals surface area contributed by atoms with Crippen LogP contribution in [0.25, 0.3) is 0 Å². The maximum atomic E-state index is 5.98. The number of rotatable bonds is 5. The largest absolute Gasteiger partial charge is 0.359 e. The predicted octanol–water partition coefficient (Wildman–Crippen LogP) is 4.36. The van der Waals surface area contributed by atoms with Crippen LogP contribution in [0.3, 0.4) is 0 Å². The lowest BCUT2D eigenvalue weighted by molar-refractivity contribution is 0.377. The molecular weight excluding hydrogens is 338 g/mol. The summed E-state index contributed by atoms with van der Waals surface area (Å²) < 4.78 is 13.6. The van der Waals surface area contributed by atoms with Crippen LogP contribution in [0.15, 0.2) is 54.7 Å². The highest BCUT2D eigenvalue weighted by Gasteiger charge is 2.43. The van der Waals surface area contributed by atoms with Crippen molar-refractivity contribution in [2.45, 2.75) is 38.4 Å². The standard InChI is InChI=1S/C22H23N3O2/c1-13-6-4-5-7-16(13)20-19(26-20)15-8-9-17(14(2)12-15)24-22-21(27-22)18-10-11-23-25(18)3/h4-12,19-22,24H,1-3H3. The molecule has 5 heteroatoms. The highest BCUT2D eigenvalue weighted by Crippen LogP contribution is 2.52. The van der Waals surface area contributed by atoms with Crippen LogP contribution >= 0.6 is 0 Å². The molecule has 1 N–H and O–H groups in total. The van der Waals surface area contributed by atoms with Gasteiger partial charge in [0.05, 0.1) is 5.69 Å². The van der Waals surface area contributed by atoms with E-state index in [4.69, 9.17) is 9.47 Å². The summed E-state index contributed by atoms with van der Waals surface area (Å²) >= 11 is 0. The van der Waals surface area contributed by atoms with E-state index in [1.165, 1.54) is 22.3 Å². The number of nitrogens with zero attached hydrogens (tertiary/aromatic N) is 2. The van der Waals surface area contributed by atoms with Gasteiger partial charge in [-0.2, -0.15) is 5.10 Å². The Bertz CT molecular complexity index is 997. The average Bonchev–Trinajstić information content (AvgIpc) is 3.56. The molecule has 4 unspecified atom stereocenters. The molecule has 2 aliphatic rings. The van der Waals surface area contributed by atoms with Crippen molar-refractivity contribution >= 4 is 5.69 Å². The van der Waals surface area contributed by atoms with Gasteiger partial charge >= 0.3 is 0 Å². The molecule has 4 atom stereocenters. The maximum absolute atomic E-state index is 5.98. The first-order valence-corrected chi connectivity index (χ1v) is 9.33. The van der Waals surface area contributed by atoms with E-state index in [9.17, 15) is 0 Å². The van der Waals surface area contributed by atoms with E-state index in [1.54, 1.807) is 6.20 Å². The number of anilines is 1. The van der Waals surface area contributed by atoms with Gasteiger partial charge in [-0.1, -0.05) is 36.4 Å². The molecule has 3 aromatic rings. The van der Waals surface area contributed by atoms with Gasteiger partial charge in [0.25, 0.3) is 0 Å². The van der Waals surface area contributed by atoms with Gasteiger partial charge in [0.1, 0.15) is 18.3 Å². The van der Waals surface area contributed by atoms with Crippen molar-refractivity contribution in [1.82, 2.24) is 9.78 Å². The molecule has 0 radical (unpaired) electrons. The third kappa shape index (κ3) is 3.03. The zero-order chi connectivity index (χ0) is 18.5. The van der Waals surface area contributed by atoms with E-state index < -0.39 is 0 Å². The molecule has 138 valence electrons. The van der Waals surface area contributed by atoms with Crippen molar-refractivity contribution in [3.05, 3.63) is 82.7 Å². The first kappa shape index (κ1) is 16.5. The van der Waals surface area contributed by atoms with E-state index in [-0.39, 0.29) is 24.5 Å². The zero-order valence-corrected chi connectivity index (χ0v) is 15.7. The van der Waals surface area contributed by atoms with Gasteiger partial charge in [-0.15, -0.1) is 0 Å². The molecule has 5 rings (SSSR count). The lowest BCUT2D eigenvalue weighted by Gasteiger charge is -2.09. The predicted molar refractivity (Wildman–Crippen MR) is 103 cm³/mol. The Kier molecular flexibility index (Phi) is 3.81. The van der Waals surface area contributed by atoms with Gasteiger partial charge in [-0.25, -0.2) is 0 Å². The minimum atomic E-state index is 0.00171. The molecule has 5 nitrogen and oxygen atoms in total. The van der Waals surface area contributed by atoms with Crippen LogP contribution in [-0.2, 0) is 16.5 Å². The minimum Gasteiger partial charge on any atom is -0.359 e. The number of aryl methyl sites for hydroxylation is 3. The summed E-state index contributed by atoms with van der Waals surface area (Å²) in [6.07, 6.45) is 2.19. The lowest BCUT2D eigenvalue weighted by atomic mass is 9.99. The van der Waals surface area contributed by atoms with Gasteiger partial charge in [-0.05, 0) is 48.2 Å². The van der Waals surface area contributed by atoms with E-state index in [0.29, 0.717) is 0 Å². The second-order valence-electron chi connectivity index (χ2n) is 7.41. The quantitative estimate of drug-likeness (QED) is 0.686. The maximum Gasteiger partial charge on any atom is 0.161 e. The Hall–Kier alpha value is -2.63. The van der Waals surface area contributed by atoms with Crippen molar-refractivity contribution in [1.29, 1.82) is 0 Å². The van der Waals surface area contributed by atoms with Crippen LogP contribution in [0.2, 0.25) is 0 Å². The summed E-state index contributed by atoms with van der Waals surface area (Å²) in [5.74, 6) is 0. The summed E-state index contributed by atoms with van der Waals surface area (Å²) in [6.45, 7) is 4.26. The van der Waals surface area contributed by atoms with Crippen molar-refractivity contribution in [2.75, 3.05) is 5.32 Å². The molecule has 2 aromatic carbocycles. The summed E-state index contributed by atoms with van der Waals surface area (Å²) in [4.78, 5) is 0. The third-order valence-electron chi connectivity index (χ3n) is 5.51. The molecule has 0 bridgehead atoms. The van der Waals surface area contributed by atoms with Gasteiger partial charge in [-0.3, -0.25) is 4.68 Å². The number of ether oxygens (including phenoxy) is 2. The Morgan fingerprint density at radius 3 is 2.52 bits per heavy atom. The Labute approximate surface area is 158 Å². The molecule has 0 saturated carbocycles. The molecule has 2 fully saturated rings. The van der Waals surface area contributed by atoms with Crippen molar-refractivity contribution in [3.63, 3.8) is 0 Å². The van der Waals surface area contributed by atoms with Crippen LogP contribution in [0.5, 0.6) is 0 Å². The number of hydrogen-bond donors (Lipinski definition) is 1. The molecule has 0 amide bonds. The SMILES string of the molecule is Cc1cc(C2OC2c2ccccc2C)ccc1NC1OC1c1ccnn1C. The van der Waals surface area contributed by atoms with Crippen molar-refractivity contribution in [2.24, 2.45) is 7.05 Å². The zero-order valence-electron chi connectivity index (χ0n) is 15.7. The van der Waals surface area contributed by atoms with E-state index >= 15 is 0 Å². The molecular formula is C22H23N3O2. The van der Waals surface area contributed by atoms with Crippen LogP contribution in [0, 0.1) is 13.8 Å². The highest BCUT2D eigenvalue weighted by molar-refractivity contribution is 5.54. The average molecular weight is 361 g/mol. The second kappa shape index (κ2) is 6.22. The molecule has 1 aromatic heterocycles. The van der Waals surface area contributed by atoms with E-state index in [2.05, 4.69) is 66.7 Å². The first-order chi connectivity index (χ1) is 13.1. The van der Waals surface area contributed by atoms with Crippen LogP contribution in [0.4, 0.5) is 5.69 Å². The summed E-state index contributed by atoms with van der Waals surface area (Å²) in [5.41, 5.74) is 7.19. The van der Waals surface area contributed by atoms with Gasteiger partial charge in [0.2, 0.25) is 0 Å². The summed E-state index contributed by atoms with van der Waals surface area (Å²) in [7, 11) is 1.94. The number of nitrogens with one attached hydrogen (secondary N) is 1. The highest BCUT2D eigenvalue weighted by atomic mass is 16.6. The smallest absolute Gasteiger partial charge is 0.161 e. The normalized spacial score (nSPS) is 26.0. The molecule has 27 heavy (non-hydrogen) atoms. The summed E-state index contributed by atoms with van der Waals surface area (Å²) in [5, 5.41) is 7.69. The molecule has 0 spiro atoms. The number of hydrogen-bond acceptors (Lipinski definition) is 4. The van der Waals surface area contributed by atoms with Crippen LogP contribution in [-0.4, -0.2) is 16.0 Å². The van der Waals surface area contributed by atoms with Crippen molar-refractivity contribution in [3.8, 4) is 0 Å². The molecule has 0 aliphatic carbocycles. The minimum absolute atomic E-state index is 0.00171. The molecule has 2 saturated heterocycles. The van der Waals surface area contributed by atoms with Crippen LogP contribution in [0.1, 0.15) is 46.3 Å². The topological polar surface area (TPSA) is 54.9 Å². The first-order valence-electron chi connectivity index (χ1n) is 9.33. The van der Waals surface area contributed by atoms with Crippen molar-refractivity contribution < 1.29 is 9.47 Å². The number of epoxide rings is 2. The fourth-order valence-electron chi connectivity index (χ4n) is 3.80. The number of aromatic nitrogens is 2. The van der Waals surface area contributed by atoms with Gasteiger partial charge < -0.3 is 14.8 Å². The third-order valence-corrected chi connectivity index (χ3v) is 5.51. The number of benzene rings is 2. The monoisotopic (exact) mass is 361 g/mol. The summed E-state index contributed by atoms with van der Waals surface area (Å²) in [6, 6.07) is 16.9. The Morgan fingerprint density at radius 2 is 1.78 bits per heavy atom.